The first-order valence-corrected chi connectivity index (χ1v) is 6.10. The van der Waals surface area contributed by atoms with Gasteiger partial charge in [-0.3, -0.25) is 0 Å². The molecule has 3 heteroatoms. The molecule has 0 bridgehead atoms. The Labute approximate surface area is 93.2 Å². The van der Waals surface area contributed by atoms with Gasteiger partial charge in [0, 0.05) is 32.7 Å². The van der Waals surface area contributed by atoms with E-state index in [1.807, 2.05) is 0 Å². The van der Waals surface area contributed by atoms with E-state index >= 15 is 0 Å². The Morgan fingerprint density at radius 2 is 2.07 bits per heavy atom. The largest absolute Gasteiger partial charge is 0.374 e. The molecule has 1 N–H and O–H groups in total. The van der Waals surface area contributed by atoms with Crippen LogP contribution in [0.25, 0.3) is 0 Å². The van der Waals surface area contributed by atoms with E-state index in [1.165, 1.54) is 13.1 Å². The highest BCUT2D eigenvalue weighted by Crippen LogP contribution is 2.33. The smallest absolute Gasteiger partial charge is 0.0826 e. The fraction of sp³-hybridized carbons (Fsp3) is 1.00. The summed E-state index contributed by atoms with van der Waals surface area (Å²) in [7, 11) is 0. The Morgan fingerprint density at radius 3 is 2.60 bits per heavy atom. The van der Waals surface area contributed by atoms with Crippen molar-refractivity contribution < 1.29 is 4.74 Å². The summed E-state index contributed by atoms with van der Waals surface area (Å²) >= 11 is 0. The van der Waals surface area contributed by atoms with Gasteiger partial charge < -0.3 is 15.0 Å². The third-order valence-corrected chi connectivity index (χ3v) is 3.65. The molecule has 1 atom stereocenters. The molecule has 0 saturated carbocycles. The van der Waals surface area contributed by atoms with Gasteiger partial charge in [0.15, 0.2) is 0 Å². The van der Waals surface area contributed by atoms with E-state index in [-0.39, 0.29) is 0 Å². The van der Waals surface area contributed by atoms with Crippen molar-refractivity contribution in [3.8, 4) is 0 Å². The summed E-state index contributed by atoms with van der Waals surface area (Å²) in [6.07, 6.45) is 0.416. The fourth-order valence-corrected chi connectivity index (χ4v) is 2.29. The number of rotatable bonds is 2. The number of nitrogens with one attached hydrogen (secondary N) is 1. The van der Waals surface area contributed by atoms with Crippen LogP contribution in [-0.2, 0) is 4.74 Å². The van der Waals surface area contributed by atoms with Gasteiger partial charge in [0.05, 0.1) is 12.7 Å². The second-order valence-electron chi connectivity index (χ2n) is 5.98. The van der Waals surface area contributed by atoms with Gasteiger partial charge in [-0.1, -0.05) is 20.8 Å². The summed E-state index contributed by atoms with van der Waals surface area (Å²) in [6.45, 7) is 13.6. The highest BCUT2D eigenvalue weighted by atomic mass is 16.5. The third-order valence-electron chi connectivity index (χ3n) is 3.65. The Hall–Kier alpha value is -0.120. The van der Waals surface area contributed by atoms with Gasteiger partial charge in [-0.2, -0.15) is 0 Å². The minimum atomic E-state index is 0.416. The predicted molar refractivity (Wildman–Crippen MR) is 62.0 cm³/mol. The van der Waals surface area contributed by atoms with Crippen LogP contribution in [0.1, 0.15) is 20.8 Å². The second-order valence-corrected chi connectivity index (χ2v) is 5.98. The number of hydrogen-bond donors (Lipinski definition) is 1. The zero-order valence-electron chi connectivity index (χ0n) is 10.3. The number of likely N-dealkylation sites (tertiary alicyclic amines) is 1. The molecule has 0 aromatic heterocycles. The normalized spacial score (nSPS) is 30.2. The number of morpholine rings is 1. The average Bonchev–Trinajstić information content (AvgIpc) is 2.10. The first kappa shape index (κ1) is 11.4. The lowest BCUT2D eigenvalue weighted by molar-refractivity contribution is -0.0412. The van der Waals surface area contributed by atoms with Crippen molar-refractivity contribution in [2.45, 2.75) is 26.9 Å². The minimum Gasteiger partial charge on any atom is -0.374 e. The monoisotopic (exact) mass is 212 g/mol. The van der Waals surface area contributed by atoms with Crippen LogP contribution in [0.5, 0.6) is 0 Å². The molecule has 15 heavy (non-hydrogen) atoms. The molecule has 1 unspecified atom stereocenters. The maximum Gasteiger partial charge on any atom is 0.0826 e. The Morgan fingerprint density at radius 1 is 1.33 bits per heavy atom. The van der Waals surface area contributed by atoms with Crippen LogP contribution >= 0.6 is 0 Å². The van der Waals surface area contributed by atoms with Gasteiger partial charge in [0.1, 0.15) is 0 Å². The van der Waals surface area contributed by atoms with Crippen molar-refractivity contribution in [3.05, 3.63) is 0 Å². The van der Waals surface area contributed by atoms with E-state index in [2.05, 4.69) is 31.0 Å². The molecule has 88 valence electrons. The summed E-state index contributed by atoms with van der Waals surface area (Å²) < 4.78 is 5.70. The number of nitrogens with zero attached hydrogens (tertiary/aromatic N) is 1. The van der Waals surface area contributed by atoms with Crippen molar-refractivity contribution in [3.63, 3.8) is 0 Å². The van der Waals surface area contributed by atoms with E-state index in [9.17, 15) is 0 Å². The SMILES string of the molecule is CC(C)(C)C1CN(CC2CNCCO2)C1. The number of hydrogen-bond acceptors (Lipinski definition) is 3. The molecule has 2 saturated heterocycles. The molecule has 0 aliphatic carbocycles. The first-order chi connectivity index (χ1) is 7.05. The minimum absolute atomic E-state index is 0.416. The van der Waals surface area contributed by atoms with Crippen LogP contribution in [0.3, 0.4) is 0 Å². The third kappa shape index (κ3) is 2.92. The van der Waals surface area contributed by atoms with Crippen LogP contribution in [-0.4, -0.2) is 50.3 Å². The molecule has 2 heterocycles. The average molecular weight is 212 g/mol. The lowest BCUT2D eigenvalue weighted by Gasteiger charge is -2.47. The zero-order chi connectivity index (χ0) is 10.9. The Bertz CT molecular complexity index is 200. The van der Waals surface area contributed by atoms with E-state index < -0.39 is 0 Å². The first-order valence-electron chi connectivity index (χ1n) is 6.10. The molecule has 0 aromatic carbocycles. The van der Waals surface area contributed by atoms with Crippen molar-refractivity contribution in [1.29, 1.82) is 0 Å². The van der Waals surface area contributed by atoms with Gasteiger partial charge in [-0.05, 0) is 11.3 Å². The van der Waals surface area contributed by atoms with Crippen LogP contribution in [0, 0.1) is 11.3 Å². The highest BCUT2D eigenvalue weighted by molar-refractivity contribution is 4.89. The molecular formula is C12H24N2O. The van der Waals surface area contributed by atoms with Gasteiger partial charge in [0.25, 0.3) is 0 Å². The van der Waals surface area contributed by atoms with Gasteiger partial charge in [-0.15, -0.1) is 0 Å². The molecular weight excluding hydrogens is 188 g/mol. The van der Waals surface area contributed by atoms with Crippen molar-refractivity contribution >= 4 is 0 Å². The molecule has 2 fully saturated rings. The molecule has 0 amide bonds. The molecule has 0 radical (unpaired) electrons. The topological polar surface area (TPSA) is 24.5 Å². The Balaban J connectivity index is 1.67. The van der Waals surface area contributed by atoms with Crippen molar-refractivity contribution in [2.75, 3.05) is 39.3 Å². The molecule has 2 rings (SSSR count). The van der Waals surface area contributed by atoms with Crippen molar-refractivity contribution in [1.82, 2.24) is 10.2 Å². The maximum atomic E-state index is 5.70. The van der Waals surface area contributed by atoms with Gasteiger partial charge in [-0.25, -0.2) is 0 Å². The molecule has 2 aliphatic heterocycles. The zero-order valence-corrected chi connectivity index (χ0v) is 10.3. The fourth-order valence-electron chi connectivity index (χ4n) is 2.29. The predicted octanol–water partition coefficient (Wildman–Crippen LogP) is 0.953. The number of ether oxygens (including phenoxy) is 1. The van der Waals surface area contributed by atoms with Crippen LogP contribution in [0.4, 0.5) is 0 Å². The molecule has 2 aliphatic rings. The molecule has 3 nitrogen and oxygen atoms in total. The van der Waals surface area contributed by atoms with Crippen LogP contribution < -0.4 is 5.32 Å². The van der Waals surface area contributed by atoms with E-state index in [0.29, 0.717) is 11.5 Å². The van der Waals surface area contributed by atoms with E-state index in [1.54, 1.807) is 0 Å². The highest BCUT2D eigenvalue weighted by Gasteiger charge is 2.36. The quantitative estimate of drug-likeness (QED) is 0.737. The summed E-state index contributed by atoms with van der Waals surface area (Å²) in [5, 5.41) is 3.38. The summed E-state index contributed by atoms with van der Waals surface area (Å²) in [6, 6.07) is 0. The van der Waals surface area contributed by atoms with E-state index in [4.69, 9.17) is 4.74 Å². The molecule has 0 aromatic rings. The standard InChI is InChI=1S/C12H24N2O/c1-12(2,3)10-7-14(8-10)9-11-6-13-4-5-15-11/h10-11,13H,4-9H2,1-3H3. The summed E-state index contributed by atoms with van der Waals surface area (Å²) in [5.74, 6) is 0.869. The summed E-state index contributed by atoms with van der Waals surface area (Å²) in [4.78, 5) is 2.52. The Kier molecular flexibility index (Phi) is 3.33. The van der Waals surface area contributed by atoms with Crippen molar-refractivity contribution in [2.24, 2.45) is 11.3 Å². The molecule has 0 spiro atoms. The van der Waals surface area contributed by atoms with Gasteiger partial charge >= 0.3 is 0 Å². The van der Waals surface area contributed by atoms with E-state index in [0.717, 1.165) is 32.2 Å². The second kappa shape index (κ2) is 4.40. The lowest BCUT2D eigenvalue weighted by atomic mass is 9.76. The van der Waals surface area contributed by atoms with Crippen LogP contribution in [0.15, 0.2) is 0 Å². The van der Waals surface area contributed by atoms with Gasteiger partial charge in [0.2, 0.25) is 0 Å². The van der Waals surface area contributed by atoms with Crippen LogP contribution in [0.2, 0.25) is 0 Å². The summed E-state index contributed by atoms with van der Waals surface area (Å²) in [5.41, 5.74) is 0.474. The lowest BCUT2D eigenvalue weighted by Crippen LogP contribution is -2.56. The maximum absolute atomic E-state index is 5.70.